The number of tetrazole rings is 1. The van der Waals surface area contributed by atoms with E-state index in [-0.39, 0.29) is 0 Å². The van der Waals surface area contributed by atoms with Crippen LogP contribution in [0.15, 0.2) is 30.7 Å². The summed E-state index contributed by atoms with van der Waals surface area (Å²) < 4.78 is 3.54. The topological polar surface area (TPSA) is 73.5 Å². The number of aromatic nitrogens is 6. The fraction of sp³-hybridized carbons (Fsp3) is 0.375. The molecule has 3 rings (SSSR count). The summed E-state index contributed by atoms with van der Waals surface area (Å²) in [6, 6.07) is 6.15. The summed E-state index contributed by atoms with van der Waals surface area (Å²) in [4.78, 5) is 0. The lowest BCUT2D eigenvalue weighted by Crippen LogP contribution is -2.04. The van der Waals surface area contributed by atoms with E-state index in [9.17, 15) is 0 Å². The van der Waals surface area contributed by atoms with E-state index in [0.29, 0.717) is 5.92 Å². The van der Waals surface area contributed by atoms with Crippen molar-refractivity contribution in [2.24, 2.45) is 7.05 Å². The van der Waals surface area contributed by atoms with Gasteiger partial charge in [0.2, 0.25) is 0 Å². The Labute approximate surface area is 135 Å². The number of aryl methyl sites for hydroxylation is 2. The van der Waals surface area contributed by atoms with Gasteiger partial charge < -0.3 is 5.32 Å². The summed E-state index contributed by atoms with van der Waals surface area (Å²) >= 11 is 0. The highest BCUT2D eigenvalue weighted by Crippen LogP contribution is 2.21. The third kappa shape index (κ3) is 3.23. The number of anilines is 1. The molecule has 0 aliphatic rings. The van der Waals surface area contributed by atoms with Crippen molar-refractivity contribution >= 4 is 5.69 Å². The molecular formula is C16H21N7. The maximum atomic E-state index is 4.54. The van der Waals surface area contributed by atoms with Crippen molar-refractivity contribution in [1.82, 2.24) is 30.0 Å². The Hall–Kier alpha value is -2.70. The number of benzene rings is 1. The van der Waals surface area contributed by atoms with E-state index in [1.807, 2.05) is 30.8 Å². The highest BCUT2D eigenvalue weighted by atomic mass is 15.5. The first kappa shape index (κ1) is 15.2. The van der Waals surface area contributed by atoms with E-state index < -0.39 is 0 Å². The standard InChI is InChI=1S/C16H21N7/c1-11(2)16-13(9-22(4)19-16)8-17-14-5-6-15(12(3)7-14)23-10-18-20-21-23/h5-7,9-11,17H,8H2,1-4H3. The van der Waals surface area contributed by atoms with Crippen LogP contribution in [-0.2, 0) is 13.6 Å². The summed E-state index contributed by atoms with van der Waals surface area (Å²) in [7, 11) is 1.96. The molecule has 0 spiro atoms. The smallest absolute Gasteiger partial charge is 0.143 e. The molecule has 0 amide bonds. The predicted octanol–water partition coefficient (Wildman–Crippen LogP) is 2.44. The average molecular weight is 311 g/mol. The van der Waals surface area contributed by atoms with Crippen molar-refractivity contribution in [3.05, 3.63) is 47.5 Å². The fourth-order valence-electron chi connectivity index (χ4n) is 2.67. The molecule has 0 saturated heterocycles. The summed E-state index contributed by atoms with van der Waals surface area (Å²) in [6.07, 6.45) is 3.67. The van der Waals surface area contributed by atoms with Gasteiger partial charge in [-0.2, -0.15) is 5.10 Å². The van der Waals surface area contributed by atoms with Crippen LogP contribution in [0, 0.1) is 6.92 Å². The maximum absolute atomic E-state index is 4.54. The lowest BCUT2D eigenvalue weighted by molar-refractivity contribution is 0.712. The predicted molar refractivity (Wildman–Crippen MR) is 88.5 cm³/mol. The molecule has 2 heterocycles. The van der Waals surface area contributed by atoms with Crippen molar-refractivity contribution in [2.75, 3.05) is 5.32 Å². The van der Waals surface area contributed by atoms with Crippen LogP contribution in [0.4, 0.5) is 5.69 Å². The second kappa shape index (κ2) is 6.20. The normalized spacial score (nSPS) is 11.2. The van der Waals surface area contributed by atoms with Crippen LogP contribution in [-0.4, -0.2) is 30.0 Å². The molecule has 0 bridgehead atoms. The van der Waals surface area contributed by atoms with Gasteiger partial charge in [-0.3, -0.25) is 4.68 Å². The molecule has 120 valence electrons. The molecule has 7 nitrogen and oxygen atoms in total. The molecule has 0 saturated carbocycles. The van der Waals surface area contributed by atoms with Crippen molar-refractivity contribution in [2.45, 2.75) is 33.2 Å². The third-order valence-electron chi connectivity index (χ3n) is 3.76. The second-order valence-electron chi connectivity index (χ2n) is 5.98. The SMILES string of the molecule is Cc1cc(NCc2cn(C)nc2C(C)C)ccc1-n1cnnn1. The minimum atomic E-state index is 0.414. The zero-order valence-corrected chi connectivity index (χ0v) is 13.9. The van der Waals surface area contributed by atoms with Crippen LogP contribution in [0.5, 0.6) is 0 Å². The summed E-state index contributed by atoms with van der Waals surface area (Å²) in [5.74, 6) is 0.414. The fourth-order valence-corrected chi connectivity index (χ4v) is 2.67. The molecule has 0 fully saturated rings. The molecule has 0 aliphatic heterocycles. The first-order chi connectivity index (χ1) is 11.0. The molecule has 0 aliphatic carbocycles. The molecule has 1 aromatic carbocycles. The maximum Gasteiger partial charge on any atom is 0.143 e. The largest absolute Gasteiger partial charge is 0.381 e. The van der Waals surface area contributed by atoms with Crippen molar-refractivity contribution in [3.63, 3.8) is 0 Å². The van der Waals surface area contributed by atoms with Gasteiger partial charge in [-0.05, 0) is 47.0 Å². The third-order valence-corrected chi connectivity index (χ3v) is 3.76. The van der Waals surface area contributed by atoms with E-state index in [0.717, 1.165) is 29.2 Å². The number of hydrogen-bond donors (Lipinski definition) is 1. The van der Waals surface area contributed by atoms with Gasteiger partial charge in [-0.1, -0.05) is 13.8 Å². The number of rotatable bonds is 5. The van der Waals surface area contributed by atoms with Gasteiger partial charge in [0, 0.05) is 31.0 Å². The molecule has 7 heteroatoms. The first-order valence-electron chi connectivity index (χ1n) is 7.65. The Balaban J connectivity index is 1.76. The highest BCUT2D eigenvalue weighted by Gasteiger charge is 2.11. The van der Waals surface area contributed by atoms with Gasteiger partial charge in [0.15, 0.2) is 0 Å². The van der Waals surface area contributed by atoms with Crippen LogP contribution in [0.1, 0.15) is 36.6 Å². The van der Waals surface area contributed by atoms with Gasteiger partial charge >= 0.3 is 0 Å². The van der Waals surface area contributed by atoms with Gasteiger partial charge in [0.25, 0.3) is 0 Å². The Morgan fingerprint density at radius 2 is 2.09 bits per heavy atom. The van der Waals surface area contributed by atoms with Gasteiger partial charge in [-0.25, -0.2) is 4.68 Å². The van der Waals surface area contributed by atoms with Crippen LogP contribution < -0.4 is 5.32 Å². The lowest BCUT2D eigenvalue weighted by atomic mass is 10.1. The van der Waals surface area contributed by atoms with E-state index in [1.54, 1.807) is 11.0 Å². The Morgan fingerprint density at radius 3 is 2.74 bits per heavy atom. The van der Waals surface area contributed by atoms with E-state index in [1.165, 1.54) is 5.56 Å². The number of nitrogens with one attached hydrogen (secondary N) is 1. The van der Waals surface area contributed by atoms with Crippen LogP contribution in [0.25, 0.3) is 5.69 Å². The minimum absolute atomic E-state index is 0.414. The number of hydrogen-bond acceptors (Lipinski definition) is 5. The average Bonchev–Trinajstić information content (AvgIpc) is 3.14. The van der Waals surface area contributed by atoms with Crippen LogP contribution in [0.2, 0.25) is 0 Å². The van der Waals surface area contributed by atoms with Gasteiger partial charge in [0.05, 0.1) is 11.4 Å². The van der Waals surface area contributed by atoms with E-state index in [4.69, 9.17) is 0 Å². The number of nitrogens with zero attached hydrogens (tertiary/aromatic N) is 6. The monoisotopic (exact) mass is 311 g/mol. The summed E-state index contributed by atoms with van der Waals surface area (Å²) in [5, 5.41) is 19.3. The molecular weight excluding hydrogens is 290 g/mol. The Kier molecular flexibility index (Phi) is 4.10. The zero-order valence-electron chi connectivity index (χ0n) is 13.9. The minimum Gasteiger partial charge on any atom is -0.381 e. The van der Waals surface area contributed by atoms with Crippen molar-refractivity contribution < 1.29 is 0 Å². The zero-order chi connectivity index (χ0) is 16.4. The molecule has 1 N–H and O–H groups in total. The molecule has 23 heavy (non-hydrogen) atoms. The summed E-state index contributed by atoms with van der Waals surface area (Å²) in [6.45, 7) is 7.13. The van der Waals surface area contributed by atoms with E-state index >= 15 is 0 Å². The summed E-state index contributed by atoms with van der Waals surface area (Å²) in [5.41, 5.74) is 5.52. The highest BCUT2D eigenvalue weighted by molar-refractivity contribution is 5.53. The van der Waals surface area contributed by atoms with Crippen molar-refractivity contribution in [1.29, 1.82) is 0 Å². The second-order valence-corrected chi connectivity index (χ2v) is 5.98. The molecule has 0 atom stereocenters. The first-order valence-corrected chi connectivity index (χ1v) is 7.65. The molecule has 2 aromatic heterocycles. The Morgan fingerprint density at radius 1 is 1.26 bits per heavy atom. The van der Waals surface area contributed by atoms with Crippen LogP contribution >= 0.6 is 0 Å². The lowest BCUT2D eigenvalue weighted by Gasteiger charge is -2.11. The molecule has 0 unspecified atom stereocenters. The Bertz CT molecular complexity index is 787. The molecule has 3 aromatic rings. The quantitative estimate of drug-likeness (QED) is 0.783. The van der Waals surface area contributed by atoms with Crippen LogP contribution in [0.3, 0.4) is 0 Å². The van der Waals surface area contributed by atoms with Crippen molar-refractivity contribution in [3.8, 4) is 5.69 Å². The van der Waals surface area contributed by atoms with Gasteiger partial charge in [-0.15, -0.1) is 5.10 Å². The molecule has 0 radical (unpaired) electrons. The van der Waals surface area contributed by atoms with Gasteiger partial charge in [0.1, 0.15) is 6.33 Å². The van der Waals surface area contributed by atoms with E-state index in [2.05, 4.69) is 52.1 Å².